The van der Waals surface area contributed by atoms with Gasteiger partial charge in [-0.2, -0.15) is 4.98 Å². The van der Waals surface area contributed by atoms with Crippen LogP contribution in [0.25, 0.3) is 11.0 Å². The molecule has 0 bridgehead atoms. The van der Waals surface area contributed by atoms with E-state index in [2.05, 4.69) is 59.9 Å². The lowest BCUT2D eigenvalue weighted by Crippen LogP contribution is -2.49. The average molecular weight is 864 g/mol. The second kappa shape index (κ2) is 20.7. The van der Waals surface area contributed by atoms with E-state index in [4.69, 9.17) is 4.98 Å². The number of carbonyl (C=O) groups excluding carboxylic acids is 3. The molecule has 62 heavy (non-hydrogen) atoms. The number of pyridine rings is 2. The van der Waals surface area contributed by atoms with Gasteiger partial charge < -0.3 is 26.2 Å². The molecule has 16 heteroatoms. The summed E-state index contributed by atoms with van der Waals surface area (Å²) in [5, 5.41) is 14.6. The van der Waals surface area contributed by atoms with Gasteiger partial charge in [-0.05, 0) is 88.8 Å². The fourth-order valence-corrected chi connectivity index (χ4v) is 9.61. The van der Waals surface area contributed by atoms with E-state index in [-0.39, 0.29) is 40.8 Å². The molecular formula is C46H61N11O4S. The van der Waals surface area contributed by atoms with Crippen LogP contribution in [0.2, 0.25) is 0 Å². The Morgan fingerprint density at radius 1 is 0.871 bits per heavy atom. The molecule has 330 valence electrons. The zero-order chi connectivity index (χ0) is 43.8. The van der Waals surface area contributed by atoms with Crippen LogP contribution >= 0.6 is 11.8 Å². The van der Waals surface area contributed by atoms with Crippen LogP contribution < -0.4 is 31.7 Å². The second-order valence-corrected chi connectivity index (χ2v) is 18.2. The van der Waals surface area contributed by atoms with Crippen molar-refractivity contribution in [3.05, 3.63) is 75.3 Å². The number of carbonyl (C=O) groups is 3. The number of piperazine rings is 1. The largest absolute Gasteiger partial charge is 0.385 e. The molecule has 0 radical (unpaired) electrons. The SMILES string of the molecule is CC(=O)c1c(C)c2cnc(Nc3ccc(N4CCN(CC(=O)NCCCCCCCNc5cccc(C(=O)NC6=NC(C)C(C)S6)c5C)CC4)cn3)nc2n(C2CCCC2)c1=O. The predicted octanol–water partition coefficient (Wildman–Crippen LogP) is 6.78. The lowest BCUT2D eigenvalue weighted by molar-refractivity contribution is -0.122. The van der Waals surface area contributed by atoms with Crippen LogP contribution in [0.5, 0.6) is 0 Å². The number of nitrogens with one attached hydrogen (secondary N) is 4. The van der Waals surface area contributed by atoms with Gasteiger partial charge in [0.15, 0.2) is 11.0 Å². The monoisotopic (exact) mass is 863 g/mol. The van der Waals surface area contributed by atoms with Crippen molar-refractivity contribution in [1.29, 1.82) is 0 Å². The molecule has 2 unspecified atom stereocenters. The molecule has 3 aliphatic rings. The maximum absolute atomic E-state index is 13.6. The summed E-state index contributed by atoms with van der Waals surface area (Å²) in [5.74, 6) is 0.629. The van der Waals surface area contributed by atoms with Gasteiger partial charge in [0.25, 0.3) is 11.5 Å². The quantitative estimate of drug-likeness (QED) is 0.0648. The number of rotatable bonds is 17. The highest BCUT2D eigenvalue weighted by Gasteiger charge is 2.27. The van der Waals surface area contributed by atoms with Gasteiger partial charge in [-0.15, -0.1) is 0 Å². The molecule has 2 aliphatic heterocycles. The number of hydrogen-bond donors (Lipinski definition) is 4. The number of unbranched alkanes of at least 4 members (excludes halogenated alkanes) is 4. The number of anilines is 4. The van der Waals surface area contributed by atoms with Crippen LogP contribution in [-0.2, 0) is 4.79 Å². The summed E-state index contributed by atoms with van der Waals surface area (Å²) >= 11 is 1.61. The van der Waals surface area contributed by atoms with E-state index in [1.807, 2.05) is 43.5 Å². The third-order valence-electron chi connectivity index (χ3n) is 12.4. The summed E-state index contributed by atoms with van der Waals surface area (Å²) < 4.78 is 1.71. The highest BCUT2D eigenvalue weighted by molar-refractivity contribution is 8.14. The number of aromatic nitrogens is 4. The van der Waals surface area contributed by atoms with E-state index >= 15 is 0 Å². The van der Waals surface area contributed by atoms with E-state index in [9.17, 15) is 19.2 Å². The van der Waals surface area contributed by atoms with Gasteiger partial charge in [-0.25, -0.2) is 9.97 Å². The van der Waals surface area contributed by atoms with Crippen molar-refractivity contribution in [3.63, 3.8) is 0 Å². The molecule has 4 N–H and O–H groups in total. The molecule has 4 aromatic rings. The van der Waals surface area contributed by atoms with Crippen LogP contribution in [0, 0.1) is 13.8 Å². The number of Topliss-reactive ketones (excluding diaryl/α,β-unsaturated/α-hetero) is 1. The number of benzene rings is 1. The number of aryl methyl sites for hydroxylation is 1. The number of hydrogen-bond acceptors (Lipinski definition) is 13. The standard InChI is InChI=1S/C46H61N11O4S/c1-29-36(43(60)54-46-51-31(3)33(5)62-46)16-13-17-38(29)47-20-11-7-6-8-12-21-48-40(59)28-55-22-24-56(25-23-55)35-18-19-39(49-26-35)52-45-50-27-37-30(2)41(32(4)58)44(61)57(42(37)53-45)34-14-9-10-15-34/h13,16-19,26-27,31,33-34,47H,6-12,14-15,20-25,28H2,1-5H3,(H,48,59)(H,51,54,60)(H,49,50,52,53). The van der Waals surface area contributed by atoms with Crippen LogP contribution in [0.1, 0.15) is 116 Å². The van der Waals surface area contributed by atoms with Gasteiger partial charge >= 0.3 is 0 Å². The van der Waals surface area contributed by atoms with E-state index < -0.39 is 0 Å². The molecule has 1 saturated heterocycles. The summed E-state index contributed by atoms with van der Waals surface area (Å²) in [6.07, 6.45) is 12.6. The van der Waals surface area contributed by atoms with E-state index in [0.29, 0.717) is 57.4 Å². The lowest BCUT2D eigenvalue weighted by Gasteiger charge is -2.35. The summed E-state index contributed by atoms with van der Waals surface area (Å²) in [6.45, 7) is 14.5. The molecule has 5 heterocycles. The average Bonchev–Trinajstić information content (AvgIpc) is 3.89. The minimum absolute atomic E-state index is 0.00949. The van der Waals surface area contributed by atoms with Crippen molar-refractivity contribution in [3.8, 4) is 0 Å². The minimum atomic E-state index is -0.274. The molecule has 2 amide bonds. The van der Waals surface area contributed by atoms with Crippen molar-refractivity contribution in [2.24, 2.45) is 4.99 Å². The number of aliphatic imine (C=N–C) groups is 1. The summed E-state index contributed by atoms with van der Waals surface area (Å²) in [4.78, 5) is 74.6. The predicted molar refractivity (Wildman–Crippen MR) is 249 cm³/mol. The van der Waals surface area contributed by atoms with Crippen molar-refractivity contribution >= 4 is 68.7 Å². The third-order valence-corrected chi connectivity index (χ3v) is 13.6. The number of amides is 2. The van der Waals surface area contributed by atoms with E-state index in [0.717, 1.165) is 107 Å². The maximum atomic E-state index is 13.6. The summed E-state index contributed by atoms with van der Waals surface area (Å²) in [6, 6.07) is 9.92. The van der Waals surface area contributed by atoms with Crippen molar-refractivity contribution in [2.45, 2.75) is 110 Å². The van der Waals surface area contributed by atoms with Gasteiger partial charge in [-0.3, -0.25) is 33.6 Å². The minimum Gasteiger partial charge on any atom is -0.385 e. The fourth-order valence-electron chi connectivity index (χ4n) is 8.62. The Morgan fingerprint density at radius 2 is 1.61 bits per heavy atom. The van der Waals surface area contributed by atoms with Crippen LogP contribution in [0.3, 0.4) is 0 Å². The van der Waals surface area contributed by atoms with Crippen molar-refractivity contribution in [1.82, 2.24) is 35.1 Å². The zero-order valence-electron chi connectivity index (χ0n) is 36.8. The number of amidine groups is 1. The summed E-state index contributed by atoms with van der Waals surface area (Å²) in [5.41, 5.74) is 4.68. The number of fused-ring (bicyclic) bond motifs is 1. The first-order valence-corrected chi connectivity index (χ1v) is 23.1. The topological polar surface area (TPSA) is 179 Å². The molecule has 3 aromatic heterocycles. The molecule has 1 saturated carbocycles. The third kappa shape index (κ3) is 10.8. The Morgan fingerprint density at radius 3 is 2.31 bits per heavy atom. The molecule has 7 rings (SSSR count). The van der Waals surface area contributed by atoms with Crippen LogP contribution in [0.15, 0.2) is 52.5 Å². The molecular weight excluding hydrogens is 803 g/mol. The second-order valence-electron chi connectivity index (χ2n) is 16.9. The van der Waals surface area contributed by atoms with Crippen molar-refractivity contribution < 1.29 is 14.4 Å². The Balaban J connectivity index is 0.779. The number of nitrogens with zero attached hydrogens (tertiary/aromatic N) is 7. The Labute approximate surface area is 368 Å². The first-order valence-electron chi connectivity index (χ1n) is 22.3. The van der Waals surface area contributed by atoms with Gasteiger partial charge in [0, 0.05) is 73.4 Å². The van der Waals surface area contributed by atoms with Gasteiger partial charge in [-0.1, -0.05) is 56.9 Å². The molecule has 0 spiro atoms. The van der Waals surface area contributed by atoms with E-state index in [1.165, 1.54) is 6.92 Å². The number of thioether (sulfide) groups is 1. The van der Waals surface area contributed by atoms with Crippen molar-refractivity contribution in [2.75, 3.05) is 61.3 Å². The highest BCUT2D eigenvalue weighted by Crippen LogP contribution is 2.32. The van der Waals surface area contributed by atoms with Gasteiger partial charge in [0.2, 0.25) is 11.9 Å². The Kier molecular flexibility index (Phi) is 14.9. The molecule has 1 aromatic carbocycles. The Hall–Kier alpha value is -5.35. The zero-order valence-corrected chi connectivity index (χ0v) is 37.6. The van der Waals surface area contributed by atoms with Crippen LogP contribution in [-0.4, -0.2) is 104 Å². The summed E-state index contributed by atoms with van der Waals surface area (Å²) in [7, 11) is 0. The highest BCUT2D eigenvalue weighted by atomic mass is 32.2. The molecule has 2 atom stereocenters. The van der Waals surface area contributed by atoms with E-state index in [1.54, 1.807) is 29.4 Å². The molecule has 15 nitrogen and oxygen atoms in total. The van der Waals surface area contributed by atoms with Gasteiger partial charge in [0.05, 0.1) is 30.0 Å². The van der Waals surface area contributed by atoms with Crippen LogP contribution in [0.4, 0.5) is 23.1 Å². The normalized spacial score (nSPS) is 18.2. The van der Waals surface area contributed by atoms with Gasteiger partial charge in [0.1, 0.15) is 11.5 Å². The molecule has 2 fully saturated rings. The Bertz CT molecular complexity index is 2340. The number of ketones is 1. The molecule has 1 aliphatic carbocycles. The first kappa shape index (κ1) is 44.7. The fraction of sp³-hybridized carbons (Fsp3) is 0.522. The smallest absolute Gasteiger partial charge is 0.263 e. The maximum Gasteiger partial charge on any atom is 0.263 e. The first-order chi connectivity index (χ1) is 30.0. The lowest BCUT2D eigenvalue weighted by atomic mass is 10.0.